The molecule has 0 N–H and O–H groups in total. The number of anilines is 1. The molecule has 156 valence electrons. The minimum Gasteiger partial charge on any atom is -0.367 e. The minimum atomic E-state index is -3.63. The zero-order valence-corrected chi connectivity index (χ0v) is 18.4. The Hall–Kier alpha value is -2.09. The third-order valence-electron chi connectivity index (χ3n) is 5.25. The average Bonchev–Trinajstić information content (AvgIpc) is 2.73. The molecule has 8 heteroatoms. The van der Waals surface area contributed by atoms with Crippen LogP contribution < -0.4 is 4.90 Å². The second-order valence-electron chi connectivity index (χ2n) is 7.37. The summed E-state index contributed by atoms with van der Waals surface area (Å²) >= 11 is 6.28. The zero-order chi connectivity index (χ0) is 21.2. The first-order valence-electron chi connectivity index (χ1n) is 9.58. The van der Waals surface area contributed by atoms with Crippen LogP contribution in [0.2, 0.25) is 5.02 Å². The first kappa shape index (κ1) is 21.6. The fourth-order valence-electron chi connectivity index (χ4n) is 3.27. The molecule has 0 atom stereocenters. The molecular formula is C21H26ClN3O3S. The number of nitrogens with zero attached hydrogens (tertiary/aromatic N) is 3. The number of rotatable bonds is 5. The van der Waals surface area contributed by atoms with Gasteiger partial charge in [0, 0.05) is 44.8 Å². The monoisotopic (exact) mass is 435 g/mol. The first-order chi connectivity index (χ1) is 13.7. The minimum absolute atomic E-state index is 0.134. The van der Waals surface area contributed by atoms with Crippen LogP contribution >= 0.6 is 11.6 Å². The van der Waals surface area contributed by atoms with Crippen LogP contribution in [0.15, 0.2) is 53.4 Å². The highest BCUT2D eigenvalue weighted by Crippen LogP contribution is 2.26. The number of halogens is 1. The van der Waals surface area contributed by atoms with E-state index in [2.05, 4.69) is 4.90 Å². The van der Waals surface area contributed by atoms with E-state index >= 15 is 0 Å². The smallest absolute Gasteiger partial charge is 0.254 e. The van der Waals surface area contributed by atoms with Crippen LogP contribution in [0, 0.1) is 0 Å². The van der Waals surface area contributed by atoms with Gasteiger partial charge in [0.25, 0.3) is 5.91 Å². The van der Waals surface area contributed by atoms with Crippen molar-refractivity contribution in [2.75, 3.05) is 38.1 Å². The second-order valence-corrected chi connectivity index (χ2v) is 9.78. The number of para-hydroxylation sites is 1. The maximum Gasteiger partial charge on any atom is 0.254 e. The van der Waals surface area contributed by atoms with E-state index in [1.165, 1.54) is 16.4 Å². The van der Waals surface area contributed by atoms with Crippen molar-refractivity contribution in [2.24, 2.45) is 0 Å². The Bertz CT molecular complexity index is 986. The Morgan fingerprint density at radius 1 is 1.03 bits per heavy atom. The Kier molecular flexibility index (Phi) is 6.51. The topological polar surface area (TPSA) is 60.9 Å². The van der Waals surface area contributed by atoms with Crippen molar-refractivity contribution in [3.8, 4) is 0 Å². The summed E-state index contributed by atoms with van der Waals surface area (Å²) in [5.41, 5.74) is 1.35. The molecule has 1 aliphatic rings. The van der Waals surface area contributed by atoms with Crippen molar-refractivity contribution in [2.45, 2.75) is 24.8 Å². The number of hydrogen-bond acceptors (Lipinski definition) is 4. The highest BCUT2D eigenvalue weighted by molar-refractivity contribution is 7.89. The van der Waals surface area contributed by atoms with Crippen LogP contribution in [0.5, 0.6) is 0 Å². The third kappa shape index (κ3) is 4.57. The molecular weight excluding hydrogens is 410 g/mol. The summed E-state index contributed by atoms with van der Waals surface area (Å²) in [6.07, 6.45) is 0. The number of sulfonamides is 1. The molecule has 1 amide bonds. The standard InChI is InChI=1S/C21H26ClN3O3S/c1-16(2)23(3)29(27,28)18-8-6-7-17(15-18)21(26)25-13-11-24(12-14-25)20-10-5-4-9-19(20)22/h4-10,15-16H,11-14H2,1-3H3. The zero-order valence-electron chi connectivity index (χ0n) is 16.9. The van der Waals surface area contributed by atoms with Gasteiger partial charge in [-0.05, 0) is 44.2 Å². The number of carbonyl (C=O) groups is 1. The maximum absolute atomic E-state index is 13.0. The molecule has 29 heavy (non-hydrogen) atoms. The summed E-state index contributed by atoms with van der Waals surface area (Å²) in [7, 11) is -2.09. The van der Waals surface area contributed by atoms with Gasteiger partial charge in [0.1, 0.15) is 0 Å². The SMILES string of the molecule is CC(C)N(C)S(=O)(=O)c1cccc(C(=O)N2CCN(c3ccccc3Cl)CC2)c1. The van der Waals surface area contributed by atoms with Crippen molar-refractivity contribution in [3.63, 3.8) is 0 Å². The second kappa shape index (κ2) is 8.73. The third-order valence-corrected chi connectivity index (χ3v) is 7.59. The molecule has 2 aromatic rings. The van der Waals surface area contributed by atoms with Crippen LogP contribution in [0.3, 0.4) is 0 Å². The molecule has 0 saturated carbocycles. The molecule has 6 nitrogen and oxygen atoms in total. The summed E-state index contributed by atoms with van der Waals surface area (Å²) in [4.78, 5) is 17.0. The van der Waals surface area contributed by atoms with Crippen molar-refractivity contribution < 1.29 is 13.2 Å². The van der Waals surface area contributed by atoms with Crippen molar-refractivity contribution >= 4 is 33.2 Å². The summed E-state index contributed by atoms with van der Waals surface area (Å²) in [6.45, 7) is 6.06. The van der Waals surface area contributed by atoms with Crippen molar-refractivity contribution in [1.82, 2.24) is 9.21 Å². The summed E-state index contributed by atoms with van der Waals surface area (Å²) in [5, 5.41) is 0.694. The van der Waals surface area contributed by atoms with Gasteiger partial charge in [-0.3, -0.25) is 4.79 Å². The number of carbonyl (C=O) groups excluding carboxylic acids is 1. The van der Waals surface area contributed by atoms with Gasteiger partial charge in [0.15, 0.2) is 0 Å². The Morgan fingerprint density at radius 3 is 2.31 bits per heavy atom. The quantitative estimate of drug-likeness (QED) is 0.722. The lowest BCUT2D eigenvalue weighted by molar-refractivity contribution is 0.0746. The molecule has 0 spiro atoms. The molecule has 1 saturated heterocycles. The lowest BCUT2D eigenvalue weighted by Crippen LogP contribution is -2.48. The molecule has 3 rings (SSSR count). The van der Waals surface area contributed by atoms with E-state index in [-0.39, 0.29) is 16.8 Å². The van der Waals surface area contributed by atoms with Crippen LogP contribution in [0.1, 0.15) is 24.2 Å². The van der Waals surface area contributed by atoms with Gasteiger partial charge >= 0.3 is 0 Å². The van der Waals surface area contributed by atoms with Crippen LogP contribution in [0.4, 0.5) is 5.69 Å². The van der Waals surface area contributed by atoms with Crippen molar-refractivity contribution in [1.29, 1.82) is 0 Å². The highest BCUT2D eigenvalue weighted by Gasteiger charge is 2.26. The molecule has 1 aliphatic heterocycles. The van der Waals surface area contributed by atoms with Crippen LogP contribution in [-0.4, -0.2) is 62.8 Å². The molecule has 0 aliphatic carbocycles. The Labute approximate surface area is 177 Å². The summed E-state index contributed by atoms with van der Waals surface area (Å²) in [5.74, 6) is -0.159. The Balaban J connectivity index is 1.73. The molecule has 2 aromatic carbocycles. The van der Waals surface area contributed by atoms with Crippen molar-refractivity contribution in [3.05, 3.63) is 59.1 Å². The molecule has 0 aromatic heterocycles. The predicted octanol–water partition coefficient (Wildman–Crippen LogP) is 3.33. The molecule has 0 unspecified atom stereocenters. The van der Waals surface area contributed by atoms with Gasteiger partial charge in [-0.1, -0.05) is 29.8 Å². The number of amides is 1. The fourth-order valence-corrected chi connectivity index (χ4v) is 4.94. The van der Waals surface area contributed by atoms with E-state index in [9.17, 15) is 13.2 Å². The lowest BCUT2D eigenvalue weighted by Gasteiger charge is -2.36. The van der Waals surface area contributed by atoms with E-state index in [1.807, 2.05) is 38.1 Å². The van der Waals surface area contributed by atoms with Gasteiger partial charge < -0.3 is 9.80 Å². The summed E-state index contributed by atoms with van der Waals surface area (Å²) < 4.78 is 26.8. The molecule has 0 radical (unpaired) electrons. The normalized spacial score (nSPS) is 15.2. The maximum atomic E-state index is 13.0. The Morgan fingerprint density at radius 2 is 1.69 bits per heavy atom. The summed E-state index contributed by atoms with van der Waals surface area (Å²) in [6, 6.07) is 13.8. The molecule has 1 heterocycles. The number of benzene rings is 2. The highest BCUT2D eigenvalue weighted by atomic mass is 35.5. The van der Waals surface area contributed by atoms with Gasteiger partial charge in [-0.2, -0.15) is 4.31 Å². The van der Waals surface area contributed by atoms with Gasteiger partial charge in [0.05, 0.1) is 15.6 Å². The van der Waals surface area contributed by atoms with E-state index in [1.54, 1.807) is 24.1 Å². The number of piperazine rings is 1. The lowest BCUT2D eigenvalue weighted by atomic mass is 10.1. The van der Waals surface area contributed by atoms with E-state index in [4.69, 9.17) is 11.6 Å². The average molecular weight is 436 g/mol. The number of hydrogen-bond donors (Lipinski definition) is 0. The van der Waals surface area contributed by atoms with Gasteiger partial charge in [0.2, 0.25) is 10.0 Å². The van der Waals surface area contributed by atoms with E-state index < -0.39 is 10.0 Å². The van der Waals surface area contributed by atoms with Crippen LogP contribution in [0.25, 0.3) is 0 Å². The van der Waals surface area contributed by atoms with E-state index in [0.717, 1.165) is 5.69 Å². The van der Waals surface area contributed by atoms with E-state index in [0.29, 0.717) is 36.8 Å². The largest absolute Gasteiger partial charge is 0.367 e. The first-order valence-corrected chi connectivity index (χ1v) is 11.4. The molecule has 1 fully saturated rings. The van der Waals surface area contributed by atoms with Crippen LogP contribution in [-0.2, 0) is 10.0 Å². The van der Waals surface area contributed by atoms with Gasteiger partial charge in [-0.25, -0.2) is 8.42 Å². The predicted molar refractivity (Wildman–Crippen MR) is 116 cm³/mol. The van der Waals surface area contributed by atoms with Gasteiger partial charge in [-0.15, -0.1) is 0 Å². The fraction of sp³-hybridized carbons (Fsp3) is 0.381. The molecule has 0 bridgehead atoms.